The highest BCUT2D eigenvalue weighted by molar-refractivity contribution is 6.43. The Morgan fingerprint density at radius 2 is 1.67 bits per heavy atom. The average Bonchev–Trinajstić information content (AvgIpc) is 3.53. The van der Waals surface area contributed by atoms with Gasteiger partial charge in [-0.25, -0.2) is 5.43 Å². The largest absolute Gasteiger partial charge is 0.455 e. The molecule has 2 aromatic heterocycles. The van der Waals surface area contributed by atoms with Crippen molar-refractivity contribution in [1.82, 2.24) is 9.99 Å². The van der Waals surface area contributed by atoms with Crippen LogP contribution in [-0.2, 0) is 0 Å². The SMILES string of the molecule is Cc1ccc(-c2ccccc2)n1-c1ccc(C(=O)N/N=C\c2ccc(-c3cccc(Cl)c3Cl)o2)cc1. The lowest BCUT2D eigenvalue weighted by Gasteiger charge is -2.12. The van der Waals surface area contributed by atoms with Crippen LogP contribution in [0, 0.1) is 6.92 Å². The Kier molecular flexibility index (Phi) is 6.76. The van der Waals surface area contributed by atoms with Crippen molar-refractivity contribution in [2.75, 3.05) is 0 Å². The molecular weight excluding hydrogens is 493 g/mol. The number of aromatic nitrogens is 1. The molecule has 36 heavy (non-hydrogen) atoms. The van der Waals surface area contributed by atoms with Crippen LogP contribution in [0.5, 0.6) is 0 Å². The molecule has 0 spiro atoms. The topological polar surface area (TPSA) is 59.5 Å². The molecule has 0 bridgehead atoms. The van der Waals surface area contributed by atoms with Crippen LogP contribution in [-0.4, -0.2) is 16.7 Å². The van der Waals surface area contributed by atoms with Crippen LogP contribution in [0.4, 0.5) is 0 Å². The zero-order valence-electron chi connectivity index (χ0n) is 19.3. The lowest BCUT2D eigenvalue weighted by molar-refractivity contribution is 0.0955. The Balaban J connectivity index is 1.27. The van der Waals surface area contributed by atoms with Crippen molar-refractivity contribution in [3.8, 4) is 28.3 Å². The van der Waals surface area contributed by atoms with E-state index in [-0.39, 0.29) is 5.91 Å². The molecule has 178 valence electrons. The molecule has 1 N–H and O–H groups in total. The fourth-order valence-electron chi connectivity index (χ4n) is 3.96. The second-order valence-electron chi connectivity index (χ2n) is 8.11. The second-order valence-corrected chi connectivity index (χ2v) is 8.90. The summed E-state index contributed by atoms with van der Waals surface area (Å²) in [7, 11) is 0. The number of hydrogen-bond acceptors (Lipinski definition) is 3. The molecule has 0 aliphatic heterocycles. The van der Waals surface area contributed by atoms with E-state index in [1.54, 1.807) is 36.4 Å². The van der Waals surface area contributed by atoms with Crippen LogP contribution in [0.2, 0.25) is 10.0 Å². The maximum absolute atomic E-state index is 12.6. The van der Waals surface area contributed by atoms with Crippen molar-refractivity contribution in [2.45, 2.75) is 6.92 Å². The zero-order valence-corrected chi connectivity index (χ0v) is 20.8. The first kappa shape index (κ1) is 23.7. The summed E-state index contributed by atoms with van der Waals surface area (Å²) in [6, 6.07) is 30.6. The van der Waals surface area contributed by atoms with E-state index in [1.807, 2.05) is 36.4 Å². The van der Waals surface area contributed by atoms with Gasteiger partial charge in [-0.1, -0.05) is 59.6 Å². The standard InChI is InChI=1S/C29H21Cl2N3O2/c1-19-10-16-26(20-6-3-2-4-7-20)34(19)22-13-11-21(12-14-22)29(35)33-32-18-23-15-17-27(36-23)24-8-5-9-25(30)28(24)31/h2-18H,1H3,(H,33,35)/b32-18-. The minimum absolute atomic E-state index is 0.324. The van der Waals surface area contributed by atoms with Gasteiger partial charge in [0.1, 0.15) is 11.5 Å². The third-order valence-electron chi connectivity index (χ3n) is 5.73. The summed E-state index contributed by atoms with van der Waals surface area (Å²) < 4.78 is 7.93. The summed E-state index contributed by atoms with van der Waals surface area (Å²) in [5.74, 6) is 0.698. The van der Waals surface area contributed by atoms with Crippen molar-refractivity contribution >= 4 is 35.3 Å². The smallest absolute Gasteiger partial charge is 0.271 e. The van der Waals surface area contributed by atoms with E-state index in [2.05, 4.69) is 46.3 Å². The van der Waals surface area contributed by atoms with Crippen molar-refractivity contribution in [3.63, 3.8) is 0 Å². The molecule has 5 nitrogen and oxygen atoms in total. The molecule has 0 unspecified atom stereocenters. The highest BCUT2D eigenvalue weighted by atomic mass is 35.5. The van der Waals surface area contributed by atoms with Crippen LogP contribution in [0.15, 0.2) is 107 Å². The minimum atomic E-state index is -0.324. The molecule has 0 aliphatic rings. The average molecular weight is 514 g/mol. The van der Waals surface area contributed by atoms with Gasteiger partial charge in [-0.2, -0.15) is 5.10 Å². The lowest BCUT2D eigenvalue weighted by atomic mass is 10.1. The molecule has 0 fully saturated rings. The summed E-state index contributed by atoms with van der Waals surface area (Å²) in [5.41, 5.74) is 8.00. The molecule has 0 aliphatic carbocycles. The van der Waals surface area contributed by atoms with Crippen LogP contribution in [0.25, 0.3) is 28.3 Å². The molecule has 0 radical (unpaired) electrons. The predicted molar refractivity (Wildman–Crippen MR) is 145 cm³/mol. The second kappa shape index (κ2) is 10.3. The first-order chi connectivity index (χ1) is 17.5. The molecular formula is C29H21Cl2N3O2. The normalized spacial score (nSPS) is 11.2. The fourth-order valence-corrected chi connectivity index (χ4v) is 4.35. The number of hydrazone groups is 1. The van der Waals surface area contributed by atoms with E-state index < -0.39 is 0 Å². The quantitative estimate of drug-likeness (QED) is 0.186. The van der Waals surface area contributed by atoms with Crippen molar-refractivity contribution < 1.29 is 9.21 Å². The molecule has 1 amide bonds. The van der Waals surface area contributed by atoms with E-state index in [4.69, 9.17) is 27.6 Å². The molecule has 5 aromatic rings. The number of rotatable bonds is 6. The van der Waals surface area contributed by atoms with Crippen molar-refractivity contribution in [3.05, 3.63) is 124 Å². The number of halogens is 2. The van der Waals surface area contributed by atoms with Crippen LogP contribution < -0.4 is 5.43 Å². The number of nitrogens with one attached hydrogen (secondary N) is 1. The number of nitrogens with zero attached hydrogens (tertiary/aromatic N) is 2. The van der Waals surface area contributed by atoms with E-state index in [0.717, 1.165) is 22.6 Å². The Morgan fingerprint density at radius 1 is 0.889 bits per heavy atom. The third-order valence-corrected chi connectivity index (χ3v) is 6.55. The fraction of sp³-hybridized carbons (Fsp3) is 0.0345. The molecule has 5 rings (SSSR count). The first-order valence-electron chi connectivity index (χ1n) is 11.2. The Hall–Kier alpha value is -4.06. The molecule has 3 aromatic carbocycles. The van der Waals surface area contributed by atoms with Crippen molar-refractivity contribution in [1.29, 1.82) is 0 Å². The van der Waals surface area contributed by atoms with Gasteiger partial charge in [-0.05, 0) is 73.2 Å². The summed E-state index contributed by atoms with van der Waals surface area (Å²) in [5, 5.41) is 4.89. The van der Waals surface area contributed by atoms with E-state index >= 15 is 0 Å². The number of hydrogen-bond donors (Lipinski definition) is 1. The third kappa shape index (κ3) is 4.85. The summed E-state index contributed by atoms with van der Waals surface area (Å²) in [6.07, 6.45) is 1.43. The number of carbonyl (C=O) groups is 1. The predicted octanol–water partition coefficient (Wildman–Crippen LogP) is 7.78. The summed E-state index contributed by atoms with van der Waals surface area (Å²) in [4.78, 5) is 12.6. The summed E-state index contributed by atoms with van der Waals surface area (Å²) in [6.45, 7) is 2.06. The van der Waals surface area contributed by atoms with Crippen LogP contribution in [0.3, 0.4) is 0 Å². The Labute approximate surface area is 218 Å². The van der Waals surface area contributed by atoms with E-state index in [9.17, 15) is 4.79 Å². The van der Waals surface area contributed by atoms with Crippen molar-refractivity contribution in [2.24, 2.45) is 5.10 Å². The number of benzene rings is 3. The maximum atomic E-state index is 12.6. The van der Waals surface area contributed by atoms with Gasteiger partial charge in [0, 0.05) is 22.5 Å². The molecule has 2 heterocycles. The number of aryl methyl sites for hydroxylation is 1. The molecule has 0 saturated carbocycles. The van der Waals surface area contributed by atoms with Gasteiger partial charge >= 0.3 is 0 Å². The van der Waals surface area contributed by atoms with Gasteiger partial charge < -0.3 is 8.98 Å². The monoisotopic (exact) mass is 513 g/mol. The maximum Gasteiger partial charge on any atom is 0.271 e. The van der Waals surface area contributed by atoms with Gasteiger partial charge in [0.15, 0.2) is 0 Å². The number of carbonyl (C=O) groups excluding carboxylic acids is 1. The van der Waals surface area contributed by atoms with Gasteiger partial charge in [0.2, 0.25) is 0 Å². The Bertz CT molecular complexity index is 1550. The molecule has 7 heteroatoms. The number of amides is 1. The summed E-state index contributed by atoms with van der Waals surface area (Å²) >= 11 is 12.3. The minimum Gasteiger partial charge on any atom is -0.455 e. The van der Waals surface area contributed by atoms with Crippen LogP contribution in [0.1, 0.15) is 21.8 Å². The van der Waals surface area contributed by atoms with E-state index in [0.29, 0.717) is 32.7 Å². The Morgan fingerprint density at radius 3 is 2.44 bits per heavy atom. The highest BCUT2D eigenvalue weighted by Gasteiger charge is 2.12. The van der Waals surface area contributed by atoms with Gasteiger partial charge in [0.05, 0.1) is 22.0 Å². The molecule has 0 atom stereocenters. The van der Waals surface area contributed by atoms with Crippen LogP contribution >= 0.6 is 23.2 Å². The van der Waals surface area contributed by atoms with Gasteiger partial charge in [-0.15, -0.1) is 0 Å². The lowest BCUT2D eigenvalue weighted by Crippen LogP contribution is -2.17. The zero-order chi connectivity index (χ0) is 25.1. The van der Waals surface area contributed by atoms with E-state index in [1.165, 1.54) is 6.21 Å². The number of furan rings is 1. The first-order valence-corrected chi connectivity index (χ1v) is 12.0. The van der Waals surface area contributed by atoms with Gasteiger partial charge in [0.25, 0.3) is 5.91 Å². The molecule has 0 saturated heterocycles. The highest BCUT2D eigenvalue weighted by Crippen LogP contribution is 2.34. The van der Waals surface area contributed by atoms with Gasteiger partial charge in [-0.3, -0.25) is 4.79 Å².